The maximum absolute atomic E-state index is 11.6. The molecule has 2 aromatic rings. The molecular formula is C10H10N2OS. The Balaban J connectivity index is 3.10. The van der Waals surface area contributed by atoms with Gasteiger partial charge in [0.2, 0.25) is 0 Å². The fraction of sp³-hybridized carbons (Fsp3) is 0.200. The van der Waals surface area contributed by atoms with E-state index in [2.05, 4.69) is 9.97 Å². The van der Waals surface area contributed by atoms with Crippen LogP contribution in [0.25, 0.3) is 10.9 Å². The standard InChI is InChI=1S/C10H10N2OS/c1-5-3-6(2)8-7(4-5)9(13)12-10(14)11-8/h3-4H,1-2H3,(H2,11,12,13,14). The van der Waals surface area contributed by atoms with Gasteiger partial charge in [-0.2, -0.15) is 0 Å². The molecule has 0 fully saturated rings. The van der Waals surface area contributed by atoms with Crippen molar-refractivity contribution in [3.63, 3.8) is 0 Å². The van der Waals surface area contributed by atoms with Crippen LogP contribution < -0.4 is 5.56 Å². The summed E-state index contributed by atoms with van der Waals surface area (Å²) in [6.45, 7) is 3.92. The third-order valence-corrected chi connectivity index (χ3v) is 2.39. The van der Waals surface area contributed by atoms with Crippen LogP contribution in [-0.4, -0.2) is 9.97 Å². The van der Waals surface area contributed by atoms with Crippen molar-refractivity contribution in [3.8, 4) is 0 Å². The van der Waals surface area contributed by atoms with E-state index in [1.54, 1.807) is 0 Å². The lowest BCUT2D eigenvalue weighted by Gasteiger charge is -2.02. The normalized spacial score (nSPS) is 10.7. The first-order valence-electron chi connectivity index (χ1n) is 4.31. The molecule has 0 radical (unpaired) electrons. The van der Waals surface area contributed by atoms with E-state index in [1.165, 1.54) is 0 Å². The maximum atomic E-state index is 11.6. The highest BCUT2D eigenvalue weighted by Gasteiger charge is 2.02. The summed E-state index contributed by atoms with van der Waals surface area (Å²) in [5.41, 5.74) is 2.81. The molecule has 3 nitrogen and oxygen atoms in total. The second-order valence-corrected chi connectivity index (χ2v) is 3.82. The number of aromatic nitrogens is 2. The maximum Gasteiger partial charge on any atom is 0.259 e. The first-order chi connectivity index (χ1) is 6.58. The molecule has 2 N–H and O–H groups in total. The molecular weight excluding hydrogens is 196 g/mol. The first-order valence-corrected chi connectivity index (χ1v) is 4.72. The zero-order chi connectivity index (χ0) is 10.3. The zero-order valence-electron chi connectivity index (χ0n) is 7.97. The van der Waals surface area contributed by atoms with E-state index < -0.39 is 0 Å². The van der Waals surface area contributed by atoms with Crippen molar-refractivity contribution in [2.24, 2.45) is 0 Å². The highest BCUT2D eigenvalue weighted by atomic mass is 32.1. The van der Waals surface area contributed by atoms with Crippen molar-refractivity contribution < 1.29 is 0 Å². The molecule has 2 rings (SSSR count). The molecule has 0 bridgehead atoms. The smallest absolute Gasteiger partial charge is 0.259 e. The number of benzene rings is 1. The minimum Gasteiger partial charge on any atom is -0.332 e. The van der Waals surface area contributed by atoms with Gasteiger partial charge in [-0.1, -0.05) is 6.07 Å². The van der Waals surface area contributed by atoms with Gasteiger partial charge in [-0.3, -0.25) is 9.78 Å². The van der Waals surface area contributed by atoms with Gasteiger partial charge in [0, 0.05) is 0 Å². The van der Waals surface area contributed by atoms with Crippen molar-refractivity contribution in [1.29, 1.82) is 0 Å². The Kier molecular flexibility index (Phi) is 2.00. The van der Waals surface area contributed by atoms with Crippen LogP contribution in [0, 0.1) is 18.6 Å². The van der Waals surface area contributed by atoms with Crippen molar-refractivity contribution in [2.75, 3.05) is 0 Å². The molecule has 0 aliphatic heterocycles. The zero-order valence-corrected chi connectivity index (χ0v) is 8.79. The van der Waals surface area contributed by atoms with E-state index in [4.69, 9.17) is 12.2 Å². The molecule has 0 aliphatic rings. The van der Waals surface area contributed by atoms with Crippen LogP contribution in [0.5, 0.6) is 0 Å². The Morgan fingerprint density at radius 3 is 2.64 bits per heavy atom. The largest absolute Gasteiger partial charge is 0.332 e. The number of hydrogen-bond donors (Lipinski definition) is 2. The number of fused-ring (bicyclic) bond motifs is 1. The summed E-state index contributed by atoms with van der Waals surface area (Å²) < 4.78 is 0.370. The molecule has 0 aliphatic carbocycles. The van der Waals surface area contributed by atoms with Gasteiger partial charge >= 0.3 is 0 Å². The van der Waals surface area contributed by atoms with Gasteiger partial charge in [0.05, 0.1) is 10.9 Å². The molecule has 4 heteroatoms. The highest BCUT2D eigenvalue weighted by molar-refractivity contribution is 7.71. The Labute approximate surface area is 85.8 Å². The summed E-state index contributed by atoms with van der Waals surface area (Å²) in [6.07, 6.45) is 0. The van der Waals surface area contributed by atoms with Crippen molar-refractivity contribution in [2.45, 2.75) is 13.8 Å². The fourth-order valence-electron chi connectivity index (χ4n) is 1.63. The molecule has 72 valence electrons. The number of H-pyrrole nitrogens is 2. The molecule has 14 heavy (non-hydrogen) atoms. The van der Waals surface area contributed by atoms with E-state index in [0.29, 0.717) is 10.2 Å². The van der Waals surface area contributed by atoms with Crippen LogP contribution in [0.2, 0.25) is 0 Å². The summed E-state index contributed by atoms with van der Waals surface area (Å²) in [6, 6.07) is 3.87. The predicted octanol–water partition coefficient (Wildman–Crippen LogP) is 2.20. The Morgan fingerprint density at radius 1 is 1.21 bits per heavy atom. The molecule has 1 heterocycles. The summed E-state index contributed by atoms with van der Waals surface area (Å²) in [5, 5.41) is 0.663. The van der Waals surface area contributed by atoms with Crippen LogP contribution >= 0.6 is 12.2 Å². The van der Waals surface area contributed by atoms with E-state index in [1.807, 2.05) is 26.0 Å². The Morgan fingerprint density at radius 2 is 1.93 bits per heavy atom. The van der Waals surface area contributed by atoms with E-state index in [9.17, 15) is 4.79 Å². The predicted molar refractivity (Wildman–Crippen MR) is 59.2 cm³/mol. The van der Waals surface area contributed by atoms with Gasteiger partial charge in [0.1, 0.15) is 0 Å². The summed E-state index contributed by atoms with van der Waals surface area (Å²) in [4.78, 5) is 17.1. The lowest BCUT2D eigenvalue weighted by molar-refractivity contribution is 1.13. The van der Waals surface area contributed by atoms with Gasteiger partial charge < -0.3 is 4.98 Å². The summed E-state index contributed by atoms with van der Waals surface area (Å²) >= 11 is 4.91. The van der Waals surface area contributed by atoms with Crippen LogP contribution in [0.3, 0.4) is 0 Å². The van der Waals surface area contributed by atoms with E-state index in [-0.39, 0.29) is 5.56 Å². The highest BCUT2D eigenvalue weighted by Crippen LogP contribution is 2.14. The second kappa shape index (κ2) is 3.06. The second-order valence-electron chi connectivity index (χ2n) is 3.41. The minimum absolute atomic E-state index is 0.129. The Bertz CT molecular complexity index is 610. The fourth-order valence-corrected chi connectivity index (χ4v) is 1.82. The Hall–Kier alpha value is -1.42. The molecule has 0 spiro atoms. The van der Waals surface area contributed by atoms with Gasteiger partial charge in [-0.25, -0.2) is 0 Å². The van der Waals surface area contributed by atoms with Crippen molar-refractivity contribution in [1.82, 2.24) is 9.97 Å². The van der Waals surface area contributed by atoms with Crippen LogP contribution in [-0.2, 0) is 0 Å². The van der Waals surface area contributed by atoms with Crippen LogP contribution in [0.1, 0.15) is 11.1 Å². The number of aromatic amines is 2. The van der Waals surface area contributed by atoms with Crippen molar-refractivity contribution in [3.05, 3.63) is 38.4 Å². The minimum atomic E-state index is -0.129. The summed E-state index contributed by atoms with van der Waals surface area (Å²) in [5.74, 6) is 0. The molecule has 0 amide bonds. The average Bonchev–Trinajstić information content (AvgIpc) is 2.07. The summed E-state index contributed by atoms with van der Waals surface area (Å²) in [7, 11) is 0. The third kappa shape index (κ3) is 1.37. The number of rotatable bonds is 0. The quantitative estimate of drug-likeness (QED) is 0.649. The number of nitrogens with one attached hydrogen (secondary N) is 2. The van der Waals surface area contributed by atoms with E-state index >= 15 is 0 Å². The lowest BCUT2D eigenvalue weighted by atomic mass is 10.1. The lowest BCUT2D eigenvalue weighted by Crippen LogP contribution is -2.08. The van der Waals surface area contributed by atoms with Crippen molar-refractivity contribution >= 4 is 23.1 Å². The molecule has 0 unspecified atom stereocenters. The SMILES string of the molecule is Cc1cc(C)c2[nH]c(=S)[nH]c(=O)c2c1. The van der Waals surface area contributed by atoms with Crippen LogP contribution in [0.4, 0.5) is 0 Å². The molecule has 1 aromatic heterocycles. The van der Waals surface area contributed by atoms with Gasteiger partial charge in [-0.15, -0.1) is 0 Å². The first kappa shape index (κ1) is 9.15. The van der Waals surface area contributed by atoms with Gasteiger partial charge in [-0.05, 0) is 43.3 Å². The third-order valence-electron chi connectivity index (χ3n) is 2.19. The monoisotopic (exact) mass is 206 g/mol. The van der Waals surface area contributed by atoms with Gasteiger partial charge in [0.25, 0.3) is 5.56 Å². The number of aryl methyl sites for hydroxylation is 2. The molecule has 0 atom stereocenters. The van der Waals surface area contributed by atoms with E-state index in [0.717, 1.165) is 16.6 Å². The molecule has 0 saturated heterocycles. The molecule has 1 aromatic carbocycles. The molecule has 0 saturated carbocycles. The topological polar surface area (TPSA) is 48.6 Å². The van der Waals surface area contributed by atoms with Gasteiger partial charge in [0.15, 0.2) is 4.77 Å². The number of hydrogen-bond acceptors (Lipinski definition) is 2. The average molecular weight is 206 g/mol. The van der Waals surface area contributed by atoms with Crippen LogP contribution in [0.15, 0.2) is 16.9 Å².